The molecule has 94 valence electrons. The van der Waals surface area contributed by atoms with Crippen LogP contribution in [0.5, 0.6) is 0 Å². The number of hydrogen-bond acceptors (Lipinski definition) is 3. The van der Waals surface area contributed by atoms with E-state index in [1.165, 1.54) is 19.3 Å². The molecule has 0 spiro atoms. The van der Waals surface area contributed by atoms with Crippen LogP contribution in [0.2, 0.25) is 0 Å². The smallest absolute Gasteiger partial charge is 0.254 e. The molecule has 1 aliphatic heterocycles. The van der Waals surface area contributed by atoms with Gasteiger partial charge in [0.25, 0.3) is 5.56 Å². The summed E-state index contributed by atoms with van der Waals surface area (Å²) in [6.07, 6.45) is 7.11. The number of nitrogens with zero attached hydrogens (tertiary/aromatic N) is 1. The molecule has 1 atom stereocenters. The third kappa shape index (κ3) is 3.40. The SMILES string of the molecule is CCc1cnc(CC2CCCCNC2)[nH]c1=O. The second-order valence-corrected chi connectivity index (χ2v) is 4.81. The van der Waals surface area contributed by atoms with Crippen LogP contribution in [0.1, 0.15) is 37.6 Å². The van der Waals surface area contributed by atoms with Crippen LogP contribution in [0.3, 0.4) is 0 Å². The van der Waals surface area contributed by atoms with Gasteiger partial charge in [0.2, 0.25) is 0 Å². The molecule has 0 saturated carbocycles. The molecule has 1 unspecified atom stereocenters. The van der Waals surface area contributed by atoms with Crippen LogP contribution in [-0.2, 0) is 12.8 Å². The van der Waals surface area contributed by atoms with Crippen molar-refractivity contribution < 1.29 is 0 Å². The maximum Gasteiger partial charge on any atom is 0.254 e. The van der Waals surface area contributed by atoms with E-state index in [9.17, 15) is 4.79 Å². The second kappa shape index (κ2) is 5.96. The fourth-order valence-electron chi connectivity index (χ4n) is 2.35. The lowest BCUT2D eigenvalue weighted by Gasteiger charge is -2.13. The molecule has 0 bridgehead atoms. The Hall–Kier alpha value is -1.16. The quantitative estimate of drug-likeness (QED) is 0.829. The first-order valence-corrected chi connectivity index (χ1v) is 6.57. The Kier molecular flexibility index (Phi) is 4.31. The van der Waals surface area contributed by atoms with Crippen molar-refractivity contribution in [2.45, 2.75) is 39.0 Å². The van der Waals surface area contributed by atoms with E-state index in [-0.39, 0.29) is 5.56 Å². The summed E-state index contributed by atoms with van der Waals surface area (Å²) >= 11 is 0. The minimum Gasteiger partial charge on any atom is -0.316 e. The summed E-state index contributed by atoms with van der Waals surface area (Å²) in [5.74, 6) is 1.44. The molecule has 1 aliphatic rings. The molecule has 0 amide bonds. The van der Waals surface area contributed by atoms with Crippen molar-refractivity contribution in [2.75, 3.05) is 13.1 Å². The van der Waals surface area contributed by atoms with Crippen LogP contribution >= 0.6 is 0 Å². The van der Waals surface area contributed by atoms with Gasteiger partial charge in [0.15, 0.2) is 0 Å². The molecule has 2 heterocycles. The van der Waals surface area contributed by atoms with Crippen molar-refractivity contribution in [1.29, 1.82) is 0 Å². The third-order valence-corrected chi connectivity index (χ3v) is 3.44. The molecule has 4 nitrogen and oxygen atoms in total. The summed E-state index contributed by atoms with van der Waals surface area (Å²) in [4.78, 5) is 18.9. The average Bonchev–Trinajstić information content (AvgIpc) is 2.58. The van der Waals surface area contributed by atoms with Gasteiger partial charge in [-0.2, -0.15) is 0 Å². The molecule has 0 aliphatic carbocycles. The summed E-state index contributed by atoms with van der Waals surface area (Å²) in [5.41, 5.74) is 0.798. The molecular weight excluding hydrogens is 214 g/mol. The van der Waals surface area contributed by atoms with Gasteiger partial charge in [-0.25, -0.2) is 4.98 Å². The number of hydrogen-bond donors (Lipinski definition) is 2. The number of nitrogens with one attached hydrogen (secondary N) is 2. The number of aromatic nitrogens is 2. The number of aryl methyl sites for hydroxylation is 1. The second-order valence-electron chi connectivity index (χ2n) is 4.81. The van der Waals surface area contributed by atoms with E-state index in [1.54, 1.807) is 6.20 Å². The highest BCUT2D eigenvalue weighted by Gasteiger charge is 2.13. The lowest BCUT2D eigenvalue weighted by Crippen LogP contribution is -2.24. The predicted molar refractivity (Wildman–Crippen MR) is 68.2 cm³/mol. The van der Waals surface area contributed by atoms with E-state index in [2.05, 4.69) is 15.3 Å². The minimum atomic E-state index is 0.0269. The van der Waals surface area contributed by atoms with Gasteiger partial charge in [-0.3, -0.25) is 4.79 Å². The average molecular weight is 235 g/mol. The molecule has 4 heteroatoms. The van der Waals surface area contributed by atoms with Crippen molar-refractivity contribution in [3.05, 3.63) is 27.9 Å². The van der Waals surface area contributed by atoms with Crippen LogP contribution < -0.4 is 10.9 Å². The number of rotatable bonds is 3. The highest BCUT2D eigenvalue weighted by Crippen LogP contribution is 2.14. The summed E-state index contributed by atoms with van der Waals surface area (Å²) in [7, 11) is 0. The zero-order valence-electron chi connectivity index (χ0n) is 10.5. The van der Waals surface area contributed by atoms with Crippen molar-refractivity contribution >= 4 is 0 Å². The zero-order valence-corrected chi connectivity index (χ0v) is 10.5. The van der Waals surface area contributed by atoms with Gasteiger partial charge >= 0.3 is 0 Å². The van der Waals surface area contributed by atoms with Crippen LogP contribution in [0.25, 0.3) is 0 Å². The topological polar surface area (TPSA) is 57.8 Å². The summed E-state index contributed by atoms with van der Waals surface area (Å²) in [5, 5.41) is 3.43. The third-order valence-electron chi connectivity index (χ3n) is 3.44. The van der Waals surface area contributed by atoms with E-state index in [4.69, 9.17) is 0 Å². The van der Waals surface area contributed by atoms with E-state index in [0.717, 1.165) is 37.3 Å². The maximum atomic E-state index is 11.7. The van der Waals surface area contributed by atoms with Gasteiger partial charge in [0.1, 0.15) is 5.82 Å². The zero-order chi connectivity index (χ0) is 12.1. The van der Waals surface area contributed by atoms with E-state index in [0.29, 0.717) is 5.92 Å². The molecule has 2 rings (SSSR count). The minimum absolute atomic E-state index is 0.0269. The van der Waals surface area contributed by atoms with Gasteiger partial charge in [-0.15, -0.1) is 0 Å². The standard InChI is InChI=1S/C13H21N3O/c1-2-11-9-15-12(16-13(11)17)7-10-5-3-4-6-14-8-10/h9-10,14H,2-8H2,1H3,(H,15,16,17). The molecule has 1 fully saturated rings. The van der Waals surface area contributed by atoms with E-state index >= 15 is 0 Å². The largest absolute Gasteiger partial charge is 0.316 e. The van der Waals surface area contributed by atoms with E-state index in [1.807, 2.05) is 6.92 Å². The van der Waals surface area contributed by atoms with Crippen molar-refractivity contribution in [3.63, 3.8) is 0 Å². The van der Waals surface area contributed by atoms with Crippen molar-refractivity contribution in [2.24, 2.45) is 5.92 Å². The Bertz CT molecular complexity index is 405. The molecule has 1 aromatic rings. The van der Waals surface area contributed by atoms with Gasteiger partial charge in [0, 0.05) is 18.2 Å². The Balaban J connectivity index is 2.02. The lowest BCUT2D eigenvalue weighted by molar-refractivity contribution is 0.466. The van der Waals surface area contributed by atoms with Crippen molar-refractivity contribution in [3.8, 4) is 0 Å². The number of H-pyrrole nitrogens is 1. The van der Waals surface area contributed by atoms with Gasteiger partial charge < -0.3 is 10.3 Å². The van der Waals surface area contributed by atoms with Gasteiger partial charge in [0.05, 0.1) is 0 Å². The monoisotopic (exact) mass is 235 g/mol. The predicted octanol–water partition coefficient (Wildman–Crippen LogP) is 1.26. The lowest BCUT2D eigenvalue weighted by atomic mass is 9.99. The summed E-state index contributed by atoms with van der Waals surface area (Å²) < 4.78 is 0. The first kappa shape index (κ1) is 12.3. The first-order chi connectivity index (χ1) is 8.29. The Morgan fingerprint density at radius 3 is 3.12 bits per heavy atom. The Labute approximate surface area is 102 Å². The van der Waals surface area contributed by atoms with Gasteiger partial charge in [-0.1, -0.05) is 13.3 Å². The molecule has 2 N–H and O–H groups in total. The van der Waals surface area contributed by atoms with E-state index < -0.39 is 0 Å². The molecule has 1 aromatic heterocycles. The first-order valence-electron chi connectivity index (χ1n) is 6.57. The van der Waals surface area contributed by atoms with Crippen LogP contribution in [0.4, 0.5) is 0 Å². The maximum absolute atomic E-state index is 11.7. The van der Waals surface area contributed by atoms with Crippen LogP contribution in [-0.4, -0.2) is 23.1 Å². The van der Waals surface area contributed by atoms with Crippen LogP contribution in [0.15, 0.2) is 11.0 Å². The van der Waals surface area contributed by atoms with Gasteiger partial charge in [-0.05, 0) is 38.3 Å². The molecular formula is C13H21N3O. The highest BCUT2D eigenvalue weighted by atomic mass is 16.1. The number of aromatic amines is 1. The molecule has 0 radical (unpaired) electrons. The normalized spacial score (nSPS) is 21.1. The van der Waals surface area contributed by atoms with Crippen LogP contribution in [0, 0.1) is 5.92 Å². The fraction of sp³-hybridized carbons (Fsp3) is 0.692. The Morgan fingerprint density at radius 1 is 1.47 bits per heavy atom. The summed E-state index contributed by atoms with van der Waals surface area (Å²) in [6, 6.07) is 0. The summed E-state index contributed by atoms with van der Waals surface area (Å²) in [6.45, 7) is 4.13. The highest BCUT2D eigenvalue weighted by molar-refractivity contribution is 5.05. The van der Waals surface area contributed by atoms with Crippen molar-refractivity contribution in [1.82, 2.24) is 15.3 Å². The molecule has 1 saturated heterocycles. The molecule has 17 heavy (non-hydrogen) atoms. The Morgan fingerprint density at radius 2 is 2.35 bits per heavy atom. The molecule has 0 aromatic carbocycles. The fourth-order valence-corrected chi connectivity index (χ4v) is 2.35.